The minimum atomic E-state index is 0.172. The first-order chi connectivity index (χ1) is 11.4. The Morgan fingerprint density at radius 3 is 2.46 bits per heavy atom. The van der Waals surface area contributed by atoms with E-state index in [-0.39, 0.29) is 5.41 Å². The molecule has 1 aromatic carbocycles. The van der Waals surface area contributed by atoms with Crippen LogP contribution in [0.4, 0.5) is 0 Å². The van der Waals surface area contributed by atoms with E-state index in [1.807, 2.05) is 6.20 Å². The average Bonchev–Trinajstić information content (AvgIpc) is 2.97. The molecule has 1 aromatic heterocycles. The molecule has 1 heterocycles. The van der Waals surface area contributed by atoms with Crippen molar-refractivity contribution in [3.8, 4) is 11.8 Å². The summed E-state index contributed by atoms with van der Waals surface area (Å²) in [6, 6.07) is 8.51. The fraction of sp³-hybridized carbons (Fsp3) is 0.476. The zero-order valence-electron chi connectivity index (χ0n) is 15.6. The first-order valence-electron chi connectivity index (χ1n) is 8.73. The maximum absolute atomic E-state index is 4.16. The van der Waals surface area contributed by atoms with Gasteiger partial charge in [-0.2, -0.15) is 5.10 Å². The van der Waals surface area contributed by atoms with Crippen LogP contribution in [0.15, 0.2) is 30.5 Å². The van der Waals surface area contributed by atoms with E-state index in [9.17, 15) is 0 Å². The molecule has 2 aromatic rings. The van der Waals surface area contributed by atoms with Gasteiger partial charge in [0.15, 0.2) is 0 Å². The molecular weight excluding hydrogens is 294 g/mol. The SMILES string of the molecule is CCCCN(C)Cc1cn[nH]c1C#Cc1ccc(C(C)(C)C)cc1. The second kappa shape index (κ2) is 8.17. The van der Waals surface area contributed by atoms with Gasteiger partial charge in [-0.25, -0.2) is 0 Å². The lowest BCUT2D eigenvalue weighted by Crippen LogP contribution is -2.19. The molecule has 0 aliphatic heterocycles. The molecule has 0 aliphatic carbocycles. The summed E-state index contributed by atoms with van der Waals surface area (Å²) in [6.45, 7) is 10.9. The van der Waals surface area contributed by atoms with Crippen LogP contribution >= 0.6 is 0 Å². The van der Waals surface area contributed by atoms with Gasteiger partial charge in [0.2, 0.25) is 0 Å². The molecule has 3 heteroatoms. The van der Waals surface area contributed by atoms with E-state index in [2.05, 4.69) is 85.9 Å². The molecule has 0 saturated heterocycles. The number of aromatic nitrogens is 2. The van der Waals surface area contributed by atoms with Crippen molar-refractivity contribution in [1.29, 1.82) is 0 Å². The molecule has 0 atom stereocenters. The lowest BCUT2D eigenvalue weighted by Gasteiger charge is -2.18. The third-order valence-electron chi connectivity index (χ3n) is 4.13. The Morgan fingerprint density at radius 1 is 1.12 bits per heavy atom. The molecule has 0 fully saturated rings. The lowest BCUT2D eigenvalue weighted by molar-refractivity contribution is 0.320. The molecule has 0 amide bonds. The highest BCUT2D eigenvalue weighted by molar-refractivity contribution is 5.43. The minimum absolute atomic E-state index is 0.172. The number of hydrogen-bond donors (Lipinski definition) is 1. The summed E-state index contributed by atoms with van der Waals surface area (Å²) in [5, 5.41) is 7.18. The topological polar surface area (TPSA) is 31.9 Å². The van der Waals surface area contributed by atoms with Crippen LogP contribution in [-0.2, 0) is 12.0 Å². The Hall–Kier alpha value is -2.05. The second-order valence-corrected chi connectivity index (χ2v) is 7.44. The molecule has 2 rings (SSSR count). The maximum atomic E-state index is 4.16. The van der Waals surface area contributed by atoms with Crippen LogP contribution in [0.5, 0.6) is 0 Å². The Balaban J connectivity index is 2.07. The molecule has 0 unspecified atom stereocenters. The van der Waals surface area contributed by atoms with Gasteiger partial charge in [0.05, 0.1) is 6.20 Å². The van der Waals surface area contributed by atoms with E-state index < -0.39 is 0 Å². The van der Waals surface area contributed by atoms with E-state index in [1.54, 1.807) is 0 Å². The third kappa shape index (κ3) is 5.25. The highest BCUT2D eigenvalue weighted by Gasteiger charge is 2.12. The number of hydrogen-bond acceptors (Lipinski definition) is 2. The van der Waals surface area contributed by atoms with Crippen molar-refractivity contribution in [2.75, 3.05) is 13.6 Å². The van der Waals surface area contributed by atoms with Gasteiger partial charge in [0.25, 0.3) is 0 Å². The molecule has 24 heavy (non-hydrogen) atoms. The largest absolute Gasteiger partial charge is 0.302 e. The molecule has 0 saturated carbocycles. The van der Waals surface area contributed by atoms with Crippen molar-refractivity contribution in [2.24, 2.45) is 0 Å². The fourth-order valence-corrected chi connectivity index (χ4v) is 2.53. The predicted molar refractivity (Wildman–Crippen MR) is 101 cm³/mol. The number of nitrogens with one attached hydrogen (secondary N) is 1. The first-order valence-corrected chi connectivity index (χ1v) is 8.73. The van der Waals surface area contributed by atoms with E-state index in [0.717, 1.165) is 29.9 Å². The zero-order chi connectivity index (χ0) is 17.6. The van der Waals surface area contributed by atoms with Gasteiger partial charge in [-0.1, -0.05) is 52.2 Å². The van der Waals surface area contributed by atoms with Crippen molar-refractivity contribution in [3.63, 3.8) is 0 Å². The van der Waals surface area contributed by atoms with Crippen molar-refractivity contribution >= 4 is 0 Å². The molecule has 0 radical (unpaired) electrons. The van der Waals surface area contributed by atoms with E-state index >= 15 is 0 Å². The number of aromatic amines is 1. The summed E-state index contributed by atoms with van der Waals surface area (Å²) >= 11 is 0. The molecule has 1 N–H and O–H groups in total. The summed E-state index contributed by atoms with van der Waals surface area (Å²) in [7, 11) is 2.14. The van der Waals surface area contributed by atoms with Gasteiger partial charge >= 0.3 is 0 Å². The van der Waals surface area contributed by atoms with Crippen LogP contribution in [0.2, 0.25) is 0 Å². The Morgan fingerprint density at radius 2 is 1.83 bits per heavy atom. The van der Waals surface area contributed by atoms with Crippen molar-refractivity contribution < 1.29 is 0 Å². The molecule has 128 valence electrons. The Labute approximate surface area is 146 Å². The molecule has 3 nitrogen and oxygen atoms in total. The predicted octanol–water partition coefficient (Wildman–Crippen LogP) is 4.34. The molecule has 0 spiro atoms. The zero-order valence-corrected chi connectivity index (χ0v) is 15.6. The van der Waals surface area contributed by atoms with Crippen LogP contribution in [0, 0.1) is 11.8 Å². The van der Waals surface area contributed by atoms with Crippen LogP contribution in [0.1, 0.15) is 62.9 Å². The van der Waals surface area contributed by atoms with Gasteiger partial charge in [-0.05, 0) is 49.0 Å². The monoisotopic (exact) mass is 323 g/mol. The van der Waals surface area contributed by atoms with Crippen molar-refractivity contribution in [2.45, 2.75) is 52.5 Å². The van der Waals surface area contributed by atoms with Gasteiger partial charge in [-0.3, -0.25) is 5.10 Å². The summed E-state index contributed by atoms with van der Waals surface area (Å²) in [5.41, 5.74) is 4.60. The quantitative estimate of drug-likeness (QED) is 0.830. The summed E-state index contributed by atoms with van der Waals surface area (Å²) in [4.78, 5) is 2.32. The standard InChI is InChI=1S/C21H29N3/c1-6-7-14-24(5)16-18-15-22-23-20(18)13-10-17-8-11-19(12-9-17)21(2,3)4/h8-9,11-12,15H,6-7,14,16H2,1-5H3,(H,22,23). The molecular formula is C21H29N3. The van der Waals surface area contributed by atoms with Gasteiger partial charge < -0.3 is 4.90 Å². The average molecular weight is 323 g/mol. The van der Waals surface area contributed by atoms with E-state index in [0.29, 0.717) is 0 Å². The number of unbranched alkanes of at least 4 members (excludes halogenated alkanes) is 1. The highest BCUT2D eigenvalue weighted by atomic mass is 15.1. The number of benzene rings is 1. The third-order valence-corrected chi connectivity index (χ3v) is 4.13. The van der Waals surface area contributed by atoms with Crippen molar-refractivity contribution in [3.05, 3.63) is 52.8 Å². The van der Waals surface area contributed by atoms with Gasteiger partial charge in [0.1, 0.15) is 5.69 Å². The summed E-state index contributed by atoms with van der Waals surface area (Å²) < 4.78 is 0. The van der Waals surface area contributed by atoms with Crippen LogP contribution in [-0.4, -0.2) is 28.7 Å². The number of nitrogens with zero attached hydrogens (tertiary/aromatic N) is 2. The summed E-state index contributed by atoms with van der Waals surface area (Å²) in [6.07, 6.45) is 4.32. The lowest BCUT2D eigenvalue weighted by atomic mass is 9.87. The Kier molecular flexibility index (Phi) is 6.23. The normalized spacial score (nSPS) is 11.4. The second-order valence-electron chi connectivity index (χ2n) is 7.44. The minimum Gasteiger partial charge on any atom is -0.302 e. The van der Waals surface area contributed by atoms with Gasteiger partial charge in [-0.15, -0.1) is 0 Å². The molecule has 0 aliphatic rings. The van der Waals surface area contributed by atoms with E-state index in [1.165, 1.54) is 18.4 Å². The maximum Gasteiger partial charge on any atom is 0.112 e. The van der Waals surface area contributed by atoms with Crippen LogP contribution in [0.3, 0.4) is 0 Å². The Bertz CT molecular complexity index is 693. The number of H-pyrrole nitrogens is 1. The van der Waals surface area contributed by atoms with Gasteiger partial charge in [0, 0.05) is 17.7 Å². The van der Waals surface area contributed by atoms with E-state index in [4.69, 9.17) is 0 Å². The highest BCUT2D eigenvalue weighted by Crippen LogP contribution is 2.22. The smallest absolute Gasteiger partial charge is 0.112 e. The molecule has 0 bridgehead atoms. The van der Waals surface area contributed by atoms with Crippen molar-refractivity contribution in [1.82, 2.24) is 15.1 Å². The van der Waals surface area contributed by atoms with Crippen LogP contribution < -0.4 is 0 Å². The van der Waals surface area contributed by atoms with Crippen LogP contribution in [0.25, 0.3) is 0 Å². The summed E-state index contributed by atoms with van der Waals surface area (Å²) in [5.74, 6) is 6.48. The number of rotatable bonds is 5. The fourth-order valence-electron chi connectivity index (χ4n) is 2.53. The first kappa shape index (κ1) is 18.3.